The lowest BCUT2D eigenvalue weighted by Gasteiger charge is -2.31. The van der Waals surface area contributed by atoms with Crippen molar-refractivity contribution in [3.05, 3.63) is 48.3 Å². The van der Waals surface area contributed by atoms with Gasteiger partial charge in [-0.3, -0.25) is 9.58 Å². The molecule has 132 valence electrons. The van der Waals surface area contributed by atoms with Gasteiger partial charge in [0.25, 0.3) is 0 Å². The quantitative estimate of drug-likeness (QED) is 0.738. The number of nitrogens with one attached hydrogen (secondary N) is 1. The van der Waals surface area contributed by atoms with Crippen molar-refractivity contribution in [2.75, 3.05) is 13.1 Å². The number of aromatic nitrogens is 7. The molecule has 0 unspecified atom stereocenters. The van der Waals surface area contributed by atoms with Gasteiger partial charge in [0.2, 0.25) is 0 Å². The predicted octanol–water partition coefficient (Wildman–Crippen LogP) is 1.65. The van der Waals surface area contributed by atoms with Crippen LogP contribution in [0.25, 0.3) is 0 Å². The van der Waals surface area contributed by atoms with Crippen molar-refractivity contribution in [1.82, 2.24) is 39.4 Å². The van der Waals surface area contributed by atoms with E-state index in [0.717, 1.165) is 50.7 Å². The summed E-state index contributed by atoms with van der Waals surface area (Å²) in [6, 6.07) is 1.93. The van der Waals surface area contributed by atoms with E-state index in [4.69, 9.17) is 0 Å². The van der Waals surface area contributed by atoms with E-state index in [1.807, 2.05) is 23.1 Å². The molecule has 0 spiro atoms. The van der Waals surface area contributed by atoms with Gasteiger partial charge >= 0.3 is 0 Å². The highest BCUT2D eigenvalue weighted by molar-refractivity contribution is 5.05. The lowest BCUT2D eigenvalue weighted by molar-refractivity contribution is 0.198. The zero-order chi connectivity index (χ0) is 17.1. The van der Waals surface area contributed by atoms with E-state index in [-0.39, 0.29) is 0 Å². The summed E-state index contributed by atoms with van der Waals surface area (Å²) >= 11 is 0. The molecule has 4 heterocycles. The van der Waals surface area contributed by atoms with Crippen molar-refractivity contribution in [2.24, 2.45) is 0 Å². The SMILES string of the molecule is CCn1c(Cn2cccn2)nnc1C1CCN(Cc2cnc[nH]2)CC1. The highest BCUT2D eigenvalue weighted by Crippen LogP contribution is 2.28. The summed E-state index contributed by atoms with van der Waals surface area (Å²) in [5.74, 6) is 2.60. The highest BCUT2D eigenvalue weighted by atomic mass is 15.3. The minimum Gasteiger partial charge on any atom is -0.347 e. The number of nitrogens with zero attached hydrogens (tertiary/aromatic N) is 7. The molecule has 8 heteroatoms. The molecule has 0 saturated carbocycles. The Kier molecular flexibility index (Phi) is 4.60. The van der Waals surface area contributed by atoms with Gasteiger partial charge < -0.3 is 9.55 Å². The number of imidazole rings is 1. The summed E-state index contributed by atoms with van der Waals surface area (Å²) in [6.07, 6.45) is 9.64. The third kappa shape index (κ3) is 3.48. The average Bonchev–Trinajstić information content (AvgIpc) is 3.38. The molecule has 1 aliphatic heterocycles. The van der Waals surface area contributed by atoms with Crippen molar-refractivity contribution in [3.63, 3.8) is 0 Å². The van der Waals surface area contributed by atoms with Crippen LogP contribution in [0.5, 0.6) is 0 Å². The summed E-state index contributed by atoms with van der Waals surface area (Å²) in [5.41, 5.74) is 1.18. The largest absolute Gasteiger partial charge is 0.347 e. The van der Waals surface area contributed by atoms with E-state index in [0.29, 0.717) is 12.5 Å². The van der Waals surface area contributed by atoms with Gasteiger partial charge in [0.05, 0.1) is 6.33 Å². The smallest absolute Gasteiger partial charge is 0.154 e. The minimum atomic E-state index is 0.483. The molecule has 3 aromatic heterocycles. The fraction of sp³-hybridized carbons (Fsp3) is 0.529. The number of aromatic amines is 1. The summed E-state index contributed by atoms with van der Waals surface area (Å²) in [5, 5.41) is 13.2. The Hall–Kier alpha value is -2.48. The van der Waals surface area contributed by atoms with E-state index in [1.165, 1.54) is 5.69 Å². The van der Waals surface area contributed by atoms with Gasteiger partial charge in [-0.25, -0.2) is 4.98 Å². The van der Waals surface area contributed by atoms with Crippen LogP contribution >= 0.6 is 0 Å². The Balaban J connectivity index is 1.41. The predicted molar refractivity (Wildman–Crippen MR) is 92.9 cm³/mol. The molecule has 1 fully saturated rings. The molecule has 1 aliphatic rings. The Morgan fingerprint density at radius 1 is 1.20 bits per heavy atom. The third-order valence-electron chi connectivity index (χ3n) is 4.94. The molecular weight excluding hydrogens is 316 g/mol. The molecule has 0 aliphatic carbocycles. The van der Waals surface area contributed by atoms with Gasteiger partial charge in [-0.2, -0.15) is 5.10 Å². The van der Waals surface area contributed by atoms with Crippen molar-refractivity contribution in [1.29, 1.82) is 0 Å². The number of rotatable bonds is 6. The molecule has 8 nitrogen and oxygen atoms in total. The maximum Gasteiger partial charge on any atom is 0.154 e. The first-order valence-corrected chi connectivity index (χ1v) is 8.92. The zero-order valence-electron chi connectivity index (χ0n) is 14.5. The molecule has 0 bridgehead atoms. The van der Waals surface area contributed by atoms with E-state index < -0.39 is 0 Å². The van der Waals surface area contributed by atoms with Crippen LogP contribution in [0.2, 0.25) is 0 Å². The van der Waals surface area contributed by atoms with Gasteiger partial charge in [-0.15, -0.1) is 10.2 Å². The zero-order valence-corrected chi connectivity index (χ0v) is 14.5. The van der Waals surface area contributed by atoms with Crippen molar-refractivity contribution in [2.45, 2.75) is 45.3 Å². The molecule has 0 radical (unpaired) electrons. The summed E-state index contributed by atoms with van der Waals surface area (Å²) in [6.45, 7) is 6.83. The number of hydrogen-bond donors (Lipinski definition) is 1. The van der Waals surface area contributed by atoms with Crippen LogP contribution < -0.4 is 0 Å². The molecule has 0 aromatic carbocycles. The van der Waals surface area contributed by atoms with Crippen LogP contribution in [-0.4, -0.2) is 52.5 Å². The topological polar surface area (TPSA) is 80.4 Å². The van der Waals surface area contributed by atoms with Crippen LogP contribution in [0, 0.1) is 0 Å². The summed E-state index contributed by atoms with van der Waals surface area (Å²) < 4.78 is 4.16. The van der Waals surface area contributed by atoms with E-state index in [2.05, 4.69) is 41.7 Å². The summed E-state index contributed by atoms with van der Waals surface area (Å²) in [7, 11) is 0. The number of H-pyrrole nitrogens is 1. The molecule has 1 saturated heterocycles. The van der Waals surface area contributed by atoms with Crippen LogP contribution in [0.3, 0.4) is 0 Å². The van der Waals surface area contributed by atoms with Crippen LogP contribution in [0.15, 0.2) is 31.0 Å². The maximum atomic E-state index is 4.53. The second kappa shape index (κ2) is 7.18. The Bertz CT molecular complexity index is 766. The number of hydrogen-bond acceptors (Lipinski definition) is 5. The van der Waals surface area contributed by atoms with Gasteiger partial charge in [-0.1, -0.05) is 0 Å². The normalized spacial score (nSPS) is 16.5. The first-order chi connectivity index (χ1) is 12.3. The molecule has 1 N–H and O–H groups in total. The standard InChI is InChI=1S/C17H24N8/c1-2-25-16(12-24-7-3-6-20-24)21-22-17(25)14-4-8-23(9-5-14)11-15-10-18-13-19-15/h3,6-7,10,13-14H,2,4-5,8-9,11-12H2,1H3,(H,18,19). The molecule has 0 amide bonds. The number of likely N-dealkylation sites (tertiary alicyclic amines) is 1. The Morgan fingerprint density at radius 3 is 2.76 bits per heavy atom. The Morgan fingerprint density at radius 2 is 2.08 bits per heavy atom. The lowest BCUT2D eigenvalue weighted by atomic mass is 9.95. The maximum absolute atomic E-state index is 4.53. The highest BCUT2D eigenvalue weighted by Gasteiger charge is 2.26. The van der Waals surface area contributed by atoms with Crippen LogP contribution in [0.4, 0.5) is 0 Å². The molecular formula is C17H24N8. The van der Waals surface area contributed by atoms with E-state index in [1.54, 1.807) is 12.5 Å². The average molecular weight is 340 g/mol. The molecule has 4 rings (SSSR count). The van der Waals surface area contributed by atoms with E-state index in [9.17, 15) is 0 Å². The van der Waals surface area contributed by atoms with Crippen LogP contribution in [0.1, 0.15) is 43.0 Å². The number of piperidine rings is 1. The minimum absolute atomic E-state index is 0.483. The van der Waals surface area contributed by atoms with Gasteiger partial charge in [0.1, 0.15) is 12.4 Å². The van der Waals surface area contributed by atoms with Gasteiger partial charge in [-0.05, 0) is 38.9 Å². The van der Waals surface area contributed by atoms with E-state index >= 15 is 0 Å². The molecule has 0 atom stereocenters. The Labute approximate surface area is 146 Å². The van der Waals surface area contributed by atoms with Crippen molar-refractivity contribution >= 4 is 0 Å². The first-order valence-electron chi connectivity index (χ1n) is 8.92. The fourth-order valence-electron chi connectivity index (χ4n) is 3.61. The monoisotopic (exact) mass is 340 g/mol. The summed E-state index contributed by atoms with van der Waals surface area (Å²) in [4.78, 5) is 9.75. The van der Waals surface area contributed by atoms with Crippen molar-refractivity contribution < 1.29 is 0 Å². The van der Waals surface area contributed by atoms with Crippen LogP contribution in [-0.2, 0) is 19.6 Å². The fourth-order valence-corrected chi connectivity index (χ4v) is 3.61. The van der Waals surface area contributed by atoms with Gasteiger partial charge in [0, 0.05) is 43.3 Å². The lowest BCUT2D eigenvalue weighted by Crippen LogP contribution is -2.33. The second-order valence-corrected chi connectivity index (χ2v) is 6.55. The molecule has 25 heavy (non-hydrogen) atoms. The second-order valence-electron chi connectivity index (χ2n) is 6.55. The van der Waals surface area contributed by atoms with Gasteiger partial charge in [0.15, 0.2) is 5.82 Å². The van der Waals surface area contributed by atoms with Crippen molar-refractivity contribution in [3.8, 4) is 0 Å². The third-order valence-corrected chi connectivity index (χ3v) is 4.94. The molecule has 3 aromatic rings. The first kappa shape index (κ1) is 16.0.